The summed E-state index contributed by atoms with van der Waals surface area (Å²) in [5.74, 6) is -1.42. The number of nitrogens with zero attached hydrogens (tertiary/aromatic N) is 2. The molecule has 1 aliphatic rings. The first-order chi connectivity index (χ1) is 11.5. The molecule has 6 nitrogen and oxygen atoms in total. The lowest BCUT2D eigenvalue weighted by molar-refractivity contribution is 0.0714. The number of pyridine rings is 1. The van der Waals surface area contributed by atoms with Gasteiger partial charge < -0.3 is 15.7 Å². The van der Waals surface area contributed by atoms with Gasteiger partial charge in [-0.15, -0.1) is 0 Å². The third-order valence-corrected chi connectivity index (χ3v) is 4.04. The molecule has 0 aliphatic carbocycles. The number of benzene rings is 1. The molecule has 124 valence electrons. The van der Waals surface area contributed by atoms with Crippen molar-refractivity contribution in [1.29, 1.82) is 0 Å². The Morgan fingerprint density at radius 2 is 2.08 bits per heavy atom. The van der Waals surface area contributed by atoms with E-state index in [1.54, 1.807) is 12.1 Å². The Kier molecular flexibility index (Phi) is 4.26. The second kappa shape index (κ2) is 6.37. The van der Waals surface area contributed by atoms with E-state index in [2.05, 4.69) is 4.98 Å². The fourth-order valence-electron chi connectivity index (χ4n) is 2.90. The van der Waals surface area contributed by atoms with Crippen LogP contribution in [-0.4, -0.2) is 39.5 Å². The van der Waals surface area contributed by atoms with E-state index in [0.29, 0.717) is 12.0 Å². The Morgan fingerprint density at radius 3 is 2.71 bits per heavy atom. The van der Waals surface area contributed by atoms with Crippen molar-refractivity contribution in [1.82, 2.24) is 9.88 Å². The quantitative estimate of drug-likeness (QED) is 0.886. The first kappa shape index (κ1) is 16.1. The fraction of sp³-hybridized carbons (Fsp3) is 0.235. The number of amides is 2. The SMILES string of the molecule is NC(=O)c1ccc(C(=O)N2CC(O)CC2c2cccc(F)c2)cn1. The molecule has 1 aromatic carbocycles. The third-order valence-electron chi connectivity index (χ3n) is 4.04. The van der Waals surface area contributed by atoms with Crippen LogP contribution in [0.15, 0.2) is 42.6 Å². The van der Waals surface area contributed by atoms with Gasteiger partial charge >= 0.3 is 0 Å². The summed E-state index contributed by atoms with van der Waals surface area (Å²) in [5.41, 5.74) is 6.09. The predicted octanol–water partition coefficient (Wildman–Crippen LogP) is 1.27. The molecular formula is C17H16FN3O3. The molecule has 0 radical (unpaired) electrons. The van der Waals surface area contributed by atoms with Crippen molar-refractivity contribution in [3.63, 3.8) is 0 Å². The number of carbonyl (C=O) groups excluding carboxylic acids is 2. The van der Waals surface area contributed by atoms with Gasteiger partial charge in [-0.05, 0) is 36.2 Å². The molecule has 2 aromatic rings. The zero-order valence-electron chi connectivity index (χ0n) is 12.7. The first-order valence-corrected chi connectivity index (χ1v) is 7.46. The number of aliphatic hydroxyl groups excluding tert-OH is 1. The number of rotatable bonds is 3. The van der Waals surface area contributed by atoms with Crippen LogP contribution in [0.4, 0.5) is 4.39 Å². The van der Waals surface area contributed by atoms with Crippen LogP contribution in [0.5, 0.6) is 0 Å². The van der Waals surface area contributed by atoms with Crippen LogP contribution in [0, 0.1) is 5.82 Å². The summed E-state index contributed by atoms with van der Waals surface area (Å²) >= 11 is 0. The van der Waals surface area contributed by atoms with Gasteiger partial charge in [-0.1, -0.05) is 12.1 Å². The normalized spacial score (nSPS) is 20.2. The number of aliphatic hydroxyl groups is 1. The molecule has 1 aromatic heterocycles. The molecule has 1 saturated heterocycles. The van der Waals surface area contributed by atoms with Crippen molar-refractivity contribution >= 4 is 11.8 Å². The van der Waals surface area contributed by atoms with E-state index < -0.39 is 23.9 Å². The molecule has 1 fully saturated rings. The molecule has 7 heteroatoms. The van der Waals surface area contributed by atoms with Gasteiger partial charge in [0, 0.05) is 12.7 Å². The van der Waals surface area contributed by atoms with Gasteiger partial charge in [-0.3, -0.25) is 14.6 Å². The standard InChI is InChI=1S/C17H16FN3O3/c18-12-3-1-2-10(6-12)15-7-13(22)9-21(15)17(24)11-4-5-14(16(19)23)20-8-11/h1-6,8,13,15,22H,7,9H2,(H2,19,23). The minimum atomic E-state index is -0.680. The van der Waals surface area contributed by atoms with Gasteiger partial charge in [0.2, 0.25) is 0 Å². The van der Waals surface area contributed by atoms with E-state index in [1.165, 1.54) is 35.4 Å². The van der Waals surface area contributed by atoms with Crippen molar-refractivity contribution in [3.8, 4) is 0 Å². The number of β-amino-alcohol motifs (C(OH)–C–C–N with tert-alkyl or cyclic N) is 1. The Bertz CT molecular complexity index is 779. The molecule has 0 saturated carbocycles. The average Bonchev–Trinajstić information content (AvgIpc) is 2.96. The summed E-state index contributed by atoms with van der Waals surface area (Å²) in [4.78, 5) is 29.1. The van der Waals surface area contributed by atoms with Crippen molar-refractivity contribution in [2.75, 3.05) is 6.54 Å². The number of carbonyl (C=O) groups is 2. The Labute approximate surface area is 137 Å². The van der Waals surface area contributed by atoms with Crippen LogP contribution in [0.3, 0.4) is 0 Å². The lowest BCUT2D eigenvalue weighted by Gasteiger charge is -2.24. The highest BCUT2D eigenvalue weighted by molar-refractivity contribution is 5.96. The van der Waals surface area contributed by atoms with E-state index >= 15 is 0 Å². The third kappa shape index (κ3) is 3.11. The van der Waals surface area contributed by atoms with E-state index in [-0.39, 0.29) is 23.7 Å². The van der Waals surface area contributed by atoms with Crippen LogP contribution in [0.25, 0.3) is 0 Å². The van der Waals surface area contributed by atoms with Crippen molar-refractivity contribution < 1.29 is 19.1 Å². The minimum Gasteiger partial charge on any atom is -0.391 e. The molecule has 0 spiro atoms. The number of aromatic nitrogens is 1. The first-order valence-electron chi connectivity index (χ1n) is 7.46. The number of hydrogen-bond donors (Lipinski definition) is 2. The Balaban J connectivity index is 1.88. The minimum absolute atomic E-state index is 0.0645. The largest absolute Gasteiger partial charge is 0.391 e. The van der Waals surface area contributed by atoms with Gasteiger partial charge in [-0.25, -0.2) is 4.39 Å². The maximum atomic E-state index is 13.5. The topological polar surface area (TPSA) is 96.5 Å². The van der Waals surface area contributed by atoms with Crippen LogP contribution in [0.1, 0.15) is 38.9 Å². The highest BCUT2D eigenvalue weighted by Gasteiger charge is 2.36. The summed E-state index contributed by atoms with van der Waals surface area (Å²) in [6.45, 7) is 0.150. The molecule has 24 heavy (non-hydrogen) atoms. The summed E-state index contributed by atoms with van der Waals surface area (Å²) in [6.07, 6.45) is 0.928. The second-order valence-electron chi connectivity index (χ2n) is 5.71. The van der Waals surface area contributed by atoms with Gasteiger partial charge in [0.25, 0.3) is 11.8 Å². The summed E-state index contributed by atoms with van der Waals surface area (Å²) in [7, 11) is 0. The van der Waals surface area contributed by atoms with Crippen LogP contribution >= 0.6 is 0 Å². The smallest absolute Gasteiger partial charge is 0.267 e. The van der Waals surface area contributed by atoms with E-state index in [1.807, 2.05) is 0 Å². The molecule has 2 atom stereocenters. The maximum Gasteiger partial charge on any atom is 0.267 e. The van der Waals surface area contributed by atoms with Gasteiger partial charge in [-0.2, -0.15) is 0 Å². The van der Waals surface area contributed by atoms with Crippen molar-refractivity contribution in [2.45, 2.75) is 18.6 Å². The van der Waals surface area contributed by atoms with Gasteiger partial charge in [0.15, 0.2) is 0 Å². The Hall–Kier alpha value is -2.80. The van der Waals surface area contributed by atoms with Gasteiger partial charge in [0.05, 0.1) is 17.7 Å². The lowest BCUT2D eigenvalue weighted by atomic mass is 10.0. The average molecular weight is 329 g/mol. The molecule has 3 N–H and O–H groups in total. The second-order valence-corrected chi connectivity index (χ2v) is 5.71. The van der Waals surface area contributed by atoms with Crippen LogP contribution in [-0.2, 0) is 0 Å². The number of likely N-dealkylation sites (tertiary alicyclic amines) is 1. The highest BCUT2D eigenvalue weighted by Crippen LogP contribution is 2.33. The van der Waals surface area contributed by atoms with E-state index in [9.17, 15) is 19.1 Å². The monoisotopic (exact) mass is 329 g/mol. The molecule has 2 amide bonds. The number of primary amides is 1. The molecule has 2 unspecified atom stereocenters. The predicted molar refractivity (Wildman–Crippen MR) is 83.6 cm³/mol. The zero-order chi connectivity index (χ0) is 17.3. The lowest BCUT2D eigenvalue weighted by Crippen LogP contribution is -2.32. The molecule has 2 heterocycles. The van der Waals surface area contributed by atoms with Crippen LogP contribution < -0.4 is 5.73 Å². The summed E-state index contributed by atoms with van der Waals surface area (Å²) in [6, 6.07) is 8.40. The van der Waals surface area contributed by atoms with Crippen LogP contribution in [0.2, 0.25) is 0 Å². The molecule has 1 aliphatic heterocycles. The van der Waals surface area contributed by atoms with Crippen molar-refractivity contribution in [3.05, 3.63) is 65.2 Å². The highest BCUT2D eigenvalue weighted by atomic mass is 19.1. The molecule has 0 bridgehead atoms. The maximum absolute atomic E-state index is 13.5. The molecule has 3 rings (SSSR count). The zero-order valence-corrected chi connectivity index (χ0v) is 12.7. The van der Waals surface area contributed by atoms with Crippen molar-refractivity contribution in [2.24, 2.45) is 5.73 Å². The van der Waals surface area contributed by atoms with E-state index in [4.69, 9.17) is 5.73 Å². The fourth-order valence-corrected chi connectivity index (χ4v) is 2.90. The number of hydrogen-bond acceptors (Lipinski definition) is 4. The summed E-state index contributed by atoms with van der Waals surface area (Å²) < 4.78 is 13.5. The number of halogens is 1. The summed E-state index contributed by atoms with van der Waals surface area (Å²) in [5, 5.41) is 9.95. The Morgan fingerprint density at radius 1 is 1.29 bits per heavy atom. The molecular weight excluding hydrogens is 313 g/mol. The van der Waals surface area contributed by atoms with Gasteiger partial charge in [0.1, 0.15) is 11.5 Å². The van der Waals surface area contributed by atoms with E-state index in [0.717, 1.165) is 0 Å². The number of nitrogens with two attached hydrogens (primary N) is 1.